The van der Waals surface area contributed by atoms with Crippen LogP contribution >= 0.6 is 67.8 Å². The highest BCUT2D eigenvalue weighted by molar-refractivity contribution is 14.3. The summed E-state index contributed by atoms with van der Waals surface area (Å²) in [6.45, 7) is 1.32. The van der Waals surface area contributed by atoms with E-state index in [2.05, 4.69) is 72.9 Å². The second-order valence-electron chi connectivity index (χ2n) is 5.43. The zero-order valence-electron chi connectivity index (χ0n) is 14.0. The number of nitrogens with two attached hydrogens (primary N) is 1. The number of halogens is 4. The van der Waals surface area contributed by atoms with Gasteiger partial charge in [0, 0.05) is 13.1 Å². The Hall–Kier alpha value is -0.490. The van der Waals surface area contributed by atoms with Crippen molar-refractivity contribution in [3.63, 3.8) is 0 Å². The van der Waals surface area contributed by atoms with E-state index in [9.17, 15) is 14.0 Å². The van der Waals surface area contributed by atoms with Gasteiger partial charge < -0.3 is 15.4 Å². The van der Waals surface area contributed by atoms with Crippen molar-refractivity contribution in [2.75, 3.05) is 36.0 Å². The number of benzene rings is 1. The Labute approximate surface area is 197 Å². The van der Waals surface area contributed by atoms with Crippen LogP contribution in [0, 0.1) is 5.82 Å². The molecule has 0 saturated carbocycles. The summed E-state index contributed by atoms with van der Waals surface area (Å²) in [6, 6.07) is 4.48. The number of anilines is 2. The van der Waals surface area contributed by atoms with Crippen molar-refractivity contribution < 1.29 is 18.7 Å². The number of alkyl halides is 3. The minimum atomic E-state index is -0.534. The molecule has 0 spiro atoms. The average molecular weight is 715 g/mol. The molecule has 27 heavy (non-hydrogen) atoms. The van der Waals surface area contributed by atoms with Crippen LogP contribution in [0.2, 0.25) is 0 Å². The lowest BCUT2D eigenvalue weighted by atomic mass is 10.2. The van der Waals surface area contributed by atoms with Gasteiger partial charge in [-0.2, -0.15) is 5.10 Å². The maximum Gasteiger partial charge on any atom is 0.414 e. The number of hydrazone groups is 1. The van der Waals surface area contributed by atoms with E-state index in [1.165, 1.54) is 22.3 Å². The molecule has 12 heteroatoms. The topological polar surface area (TPSA) is 91.5 Å². The Balaban J connectivity index is 0.000000596. The van der Waals surface area contributed by atoms with E-state index in [0.717, 1.165) is -0.0619 Å². The third-order valence-corrected chi connectivity index (χ3v) is 3.72. The van der Waals surface area contributed by atoms with Crippen LogP contribution in [-0.2, 0) is 9.53 Å². The highest BCUT2D eigenvalue weighted by Crippen LogP contribution is 2.27. The van der Waals surface area contributed by atoms with Gasteiger partial charge in [-0.3, -0.25) is 9.69 Å². The first-order valence-corrected chi connectivity index (χ1v) is 11.5. The van der Waals surface area contributed by atoms with Crippen molar-refractivity contribution in [3.8, 4) is 0 Å². The number of hydrogen-bond donors (Lipinski definition) is 1. The van der Waals surface area contributed by atoms with Gasteiger partial charge in [-0.15, -0.1) is 0 Å². The molecule has 1 aromatic rings. The van der Waals surface area contributed by atoms with E-state index >= 15 is 0 Å². The number of hydrogen-bond acceptors (Lipinski definition) is 6. The highest BCUT2D eigenvalue weighted by atomic mass is 127. The molecule has 148 valence electrons. The van der Waals surface area contributed by atoms with Crippen molar-refractivity contribution in [1.29, 1.82) is 0 Å². The molecule has 1 fully saturated rings. The van der Waals surface area contributed by atoms with Crippen molar-refractivity contribution in [3.05, 3.63) is 24.0 Å². The molecule has 2 N–H and O–H groups in total. The standard InChI is InChI=1S/C14H16FN5O3.CHI3/c15-12-5-10(20-7-11(6-16)23-14(20)22)1-2-13(12)18-3-4-19(9-21)17-8-18;2-1(3)4/h1-2,5,8-9,11H,3-4,6-7,16H2;1H/t11-;/m0./s1. The van der Waals surface area contributed by atoms with Crippen LogP contribution in [0.4, 0.5) is 20.6 Å². The van der Waals surface area contributed by atoms with Gasteiger partial charge in [0.15, 0.2) is 0 Å². The molecule has 2 aliphatic heterocycles. The number of carbonyl (C=O) groups is 2. The summed E-state index contributed by atoms with van der Waals surface area (Å²) in [5.74, 6) is -0.488. The lowest BCUT2D eigenvalue weighted by Gasteiger charge is -2.27. The van der Waals surface area contributed by atoms with Gasteiger partial charge in [-0.25, -0.2) is 14.2 Å². The SMILES string of the molecule is IC(I)I.NC[C@H]1CN(c2ccc(N3C=NN(C=O)CC3)c(F)c2)C(=O)O1. The molecule has 8 nitrogen and oxygen atoms in total. The molecule has 2 aliphatic rings. The van der Waals surface area contributed by atoms with Gasteiger partial charge in [0.25, 0.3) is 0 Å². The van der Waals surface area contributed by atoms with Gasteiger partial charge in [0.05, 0.1) is 24.5 Å². The molecule has 2 amide bonds. The van der Waals surface area contributed by atoms with Crippen LogP contribution in [0.15, 0.2) is 23.3 Å². The van der Waals surface area contributed by atoms with Gasteiger partial charge in [-0.1, -0.05) is 67.8 Å². The average Bonchev–Trinajstić information content (AvgIpc) is 3.02. The van der Waals surface area contributed by atoms with E-state index in [1.54, 1.807) is 17.0 Å². The summed E-state index contributed by atoms with van der Waals surface area (Å²) in [6.07, 6.45) is 1.09. The van der Waals surface area contributed by atoms with E-state index in [4.69, 9.17) is 10.5 Å². The predicted octanol–water partition coefficient (Wildman–Crippen LogP) is 2.91. The fraction of sp³-hybridized carbons (Fsp3) is 0.400. The largest absolute Gasteiger partial charge is 0.443 e. The smallest absolute Gasteiger partial charge is 0.414 e. The van der Waals surface area contributed by atoms with Gasteiger partial charge in [-0.05, 0) is 18.2 Å². The summed E-state index contributed by atoms with van der Waals surface area (Å²) in [5.41, 5.74) is 6.22. The van der Waals surface area contributed by atoms with Gasteiger partial charge >= 0.3 is 6.09 Å². The second kappa shape index (κ2) is 10.9. The monoisotopic (exact) mass is 715 g/mol. The summed E-state index contributed by atoms with van der Waals surface area (Å²) in [5, 5.41) is 5.11. The minimum Gasteiger partial charge on any atom is -0.443 e. The Morgan fingerprint density at radius 2 is 2.07 bits per heavy atom. The first-order chi connectivity index (χ1) is 12.8. The van der Waals surface area contributed by atoms with Crippen LogP contribution in [0.25, 0.3) is 0 Å². The molecule has 0 unspecified atom stereocenters. The number of amides is 2. The first-order valence-electron chi connectivity index (χ1n) is 7.78. The van der Waals surface area contributed by atoms with Crippen molar-refractivity contribution >= 4 is 98.0 Å². The van der Waals surface area contributed by atoms with E-state index in [1.807, 2.05) is 0 Å². The van der Waals surface area contributed by atoms with Crippen molar-refractivity contribution in [2.45, 2.75) is 6.04 Å². The van der Waals surface area contributed by atoms with Crippen molar-refractivity contribution in [1.82, 2.24) is 5.01 Å². The Bertz CT molecular complexity index is 707. The minimum absolute atomic E-state index is 0.222. The zero-order chi connectivity index (χ0) is 20.0. The van der Waals surface area contributed by atoms with E-state index < -0.39 is 11.9 Å². The molecular formula is C15H17FI3N5O3. The quantitative estimate of drug-likeness (QED) is 0.295. The maximum atomic E-state index is 14.4. The molecule has 0 radical (unpaired) electrons. The second-order valence-corrected chi connectivity index (χ2v) is 16.3. The van der Waals surface area contributed by atoms with Gasteiger partial charge in [0.2, 0.25) is 6.41 Å². The van der Waals surface area contributed by atoms with Crippen LogP contribution in [0.5, 0.6) is 0 Å². The molecule has 3 rings (SSSR count). The molecule has 0 aliphatic carbocycles. The summed E-state index contributed by atoms with van der Waals surface area (Å²) < 4.78 is 20.2. The fourth-order valence-electron chi connectivity index (χ4n) is 2.47. The maximum absolute atomic E-state index is 14.4. The number of carbonyl (C=O) groups excluding carboxylic acids is 2. The number of rotatable bonds is 4. The summed E-state index contributed by atoms with van der Waals surface area (Å²) in [7, 11) is 0. The third kappa shape index (κ3) is 6.52. The van der Waals surface area contributed by atoms with Crippen LogP contribution in [0.3, 0.4) is 0 Å². The van der Waals surface area contributed by atoms with Crippen LogP contribution in [-0.4, -0.2) is 56.1 Å². The number of nitrogens with zero attached hydrogens (tertiary/aromatic N) is 4. The number of cyclic esters (lactones) is 1. The molecule has 0 aromatic heterocycles. The molecule has 2 heterocycles. The summed E-state index contributed by atoms with van der Waals surface area (Å²) in [4.78, 5) is 25.3. The predicted molar refractivity (Wildman–Crippen MR) is 128 cm³/mol. The molecule has 1 atom stereocenters. The lowest BCUT2D eigenvalue weighted by Crippen LogP contribution is -2.37. The molecular weight excluding hydrogens is 698 g/mol. The normalized spacial score (nSPS) is 19.1. The Kier molecular flexibility index (Phi) is 9.20. The molecule has 1 aromatic carbocycles. The Morgan fingerprint density at radius 3 is 2.56 bits per heavy atom. The van der Waals surface area contributed by atoms with Crippen LogP contribution in [0.1, 0.15) is 0 Å². The first kappa shape index (κ1) is 22.8. The third-order valence-electron chi connectivity index (χ3n) is 3.72. The molecule has 1 saturated heterocycles. The Morgan fingerprint density at radius 1 is 1.37 bits per heavy atom. The number of ether oxygens (including phenoxy) is 1. The zero-order valence-corrected chi connectivity index (χ0v) is 20.4. The lowest BCUT2D eigenvalue weighted by molar-refractivity contribution is -0.118. The fourth-order valence-corrected chi connectivity index (χ4v) is 2.47. The highest BCUT2D eigenvalue weighted by Gasteiger charge is 2.32. The van der Waals surface area contributed by atoms with Crippen LogP contribution < -0.4 is 15.5 Å². The van der Waals surface area contributed by atoms with Crippen molar-refractivity contribution in [2.24, 2.45) is 10.8 Å². The van der Waals surface area contributed by atoms with E-state index in [0.29, 0.717) is 37.4 Å². The summed E-state index contributed by atoms with van der Waals surface area (Å²) >= 11 is 6.95. The van der Waals surface area contributed by atoms with E-state index in [-0.39, 0.29) is 12.6 Å². The molecule has 0 bridgehead atoms. The van der Waals surface area contributed by atoms with Gasteiger partial charge in [0.1, 0.15) is 18.2 Å².